The highest BCUT2D eigenvalue weighted by atomic mass is 35.5. The number of amides is 1. The first kappa shape index (κ1) is 20.4. The van der Waals surface area contributed by atoms with Gasteiger partial charge in [0.2, 0.25) is 0 Å². The molecule has 0 spiro atoms. The topological polar surface area (TPSA) is 107 Å². The molecule has 0 aromatic carbocycles. The number of nitrogens with zero attached hydrogens (tertiary/aromatic N) is 2. The van der Waals surface area contributed by atoms with Gasteiger partial charge >= 0.3 is 5.97 Å². The molecule has 1 amide bonds. The molecule has 2 heterocycles. The van der Waals surface area contributed by atoms with Crippen LogP contribution in [0.25, 0.3) is 6.08 Å². The molecule has 1 aliphatic heterocycles. The second-order valence-electron chi connectivity index (χ2n) is 6.10. The Morgan fingerprint density at radius 3 is 2.77 bits per heavy atom. The number of sulfone groups is 1. The van der Waals surface area contributed by atoms with Crippen molar-refractivity contribution in [3.63, 3.8) is 0 Å². The molecular formula is C16H22ClN3O5S. The molecule has 0 aliphatic carbocycles. The molecule has 1 aliphatic rings. The van der Waals surface area contributed by atoms with Crippen LogP contribution in [0.4, 0.5) is 0 Å². The molecule has 10 heteroatoms. The first-order chi connectivity index (χ1) is 12.1. The number of carbonyl (C=O) groups excluding carboxylic acids is 2. The summed E-state index contributed by atoms with van der Waals surface area (Å²) in [6.07, 6.45) is 2.17. The Morgan fingerprint density at radius 2 is 2.19 bits per heavy atom. The van der Waals surface area contributed by atoms with Gasteiger partial charge in [0.15, 0.2) is 15.9 Å². The minimum atomic E-state index is -3.07. The molecule has 1 saturated heterocycles. The molecule has 1 N–H and O–H groups in total. The van der Waals surface area contributed by atoms with Crippen LogP contribution in [0.3, 0.4) is 0 Å². The summed E-state index contributed by atoms with van der Waals surface area (Å²) < 4.78 is 29.8. The van der Waals surface area contributed by atoms with Gasteiger partial charge in [0.25, 0.3) is 5.91 Å². The van der Waals surface area contributed by atoms with Gasteiger partial charge in [0, 0.05) is 18.2 Å². The number of hydrogen-bond donors (Lipinski definition) is 1. The van der Waals surface area contributed by atoms with E-state index >= 15 is 0 Å². The van der Waals surface area contributed by atoms with E-state index in [-0.39, 0.29) is 28.6 Å². The van der Waals surface area contributed by atoms with E-state index in [4.69, 9.17) is 16.3 Å². The Labute approximate surface area is 157 Å². The van der Waals surface area contributed by atoms with Crippen molar-refractivity contribution in [2.45, 2.75) is 39.3 Å². The number of esters is 1. The third-order valence-electron chi connectivity index (χ3n) is 4.02. The lowest BCUT2D eigenvalue weighted by molar-refractivity contribution is -0.150. The zero-order valence-electron chi connectivity index (χ0n) is 14.9. The SMILES string of the molecule is CCNC(=O)[C@@H](C)OC(=O)/C=C/c1c(C)nn([C@H]2CCS(=O)(=O)C2)c1Cl. The van der Waals surface area contributed by atoms with Crippen molar-refractivity contribution < 1.29 is 22.7 Å². The summed E-state index contributed by atoms with van der Waals surface area (Å²) >= 11 is 6.32. The molecule has 1 aromatic heterocycles. The van der Waals surface area contributed by atoms with Crippen molar-refractivity contribution in [1.82, 2.24) is 15.1 Å². The van der Waals surface area contributed by atoms with Crippen LogP contribution in [-0.2, 0) is 24.2 Å². The molecule has 2 atom stereocenters. The number of aromatic nitrogens is 2. The Kier molecular flexibility index (Phi) is 6.46. The largest absolute Gasteiger partial charge is 0.449 e. The van der Waals surface area contributed by atoms with E-state index in [1.165, 1.54) is 23.8 Å². The van der Waals surface area contributed by atoms with Crippen molar-refractivity contribution in [3.8, 4) is 0 Å². The van der Waals surface area contributed by atoms with Crippen LogP contribution in [0.15, 0.2) is 6.08 Å². The quantitative estimate of drug-likeness (QED) is 0.566. The maximum atomic E-state index is 11.9. The summed E-state index contributed by atoms with van der Waals surface area (Å²) in [7, 11) is -3.07. The molecule has 2 rings (SSSR count). The Balaban J connectivity index is 2.09. The molecule has 0 unspecified atom stereocenters. The summed E-state index contributed by atoms with van der Waals surface area (Å²) in [6.45, 7) is 5.41. The van der Waals surface area contributed by atoms with Crippen molar-refractivity contribution in [1.29, 1.82) is 0 Å². The summed E-state index contributed by atoms with van der Waals surface area (Å²) in [6, 6.07) is -0.307. The Hall–Kier alpha value is -1.87. The van der Waals surface area contributed by atoms with Gasteiger partial charge in [-0.2, -0.15) is 5.10 Å². The normalized spacial score (nSPS) is 20.2. The molecule has 0 bridgehead atoms. The van der Waals surface area contributed by atoms with Crippen LogP contribution in [0.2, 0.25) is 5.15 Å². The highest BCUT2D eigenvalue weighted by Crippen LogP contribution is 2.30. The lowest BCUT2D eigenvalue weighted by Gasteiger charge is -2.11. The van der Waals surface area contributed by atoms with E-state index in [2.05, 4.69) is 10.4 Å². The first-order valence-electron chi connectivity index (χ1n) is 8.26. The maximum Gasteiger partial charge on any atom is 0.331 e. The number of halogens is 1. The Morgan fingerprint density at radius 1 is 1.50 bits per heavy atom. The lowest BCUT2D eigenvalue weighted by atomic mass is 10.2. The van der Waals surface area contributed by atoms with Gasteiger partial charge in [-0.15, -0.1) is 0 Å². The molecule has 1 aromatic rings. The van der Waals surface area contributed by atoms with Gasteiger partial charge in [-0.3, -0.25) is 4.79 Å². The maximum absolute atomic E-state index is 11.9. The average molecular weight is 404 g/mol. The smallest absolute Gasteiger partial charge is 0.331 e. The van der Waals surface area contributed by atoms with Gasteiger partial charge in [0.05, 0.1) is 23.2 Å². The second-order valence-corrected chi connectivity index (χ2v) is 8.69. The minimum Gasteiger partial charge on any atom is -0.449 e. The number of carbonyl (C=O) groups is 2. The van der Waals surface area contributed by atoms with Crippen molar-refractivity contribution >= 4 is 39.4 Å². The highest BCUT2D eigenvalue weighted by molar-refractivity contribution is 7.91. The Bertz CT molecular complexity index is 831. The van der Waals surface area contributed by atoms with Gasteiger partial charge in [-0.05, 0) is 33.3 Å². The van der Waals surface area contributed by atoms with E-state index < -0.39 is 21.9 Å². The third kappa shape index (κ3) is 4.85. The number of aryl methyl sites for hydroxylation is 1. The summed E-state index contributed by atoms with van der Waals surface area (Å²) in [5.74, 6) is -0.945. The zero-order chi connectivity index (χ0) is 19.5. The average Bonchev–Trinajstić information content (AvgIpc) is 3.05. The fourth-order valence-electron chi connectivity index (χ4n) is 2.67. The molecule has 0 radical (unpaired) electrons. The van der Waals surface area contributed by atoms with Crippen LogP contribution in [0.1, 0.15) is 37.6 Å². The van der Waals surface area contributed by atoms with Crippen LogP contribution in [0.5, 0.6) is 0 Å². The molecule has 26 heavy (non-hydrogen) atoms. The van der Waals surface area contributed by atoms with E-state index in [9.17, 15) is 18.0 Å². The fraction of sp³-hybridized carbons (Fsp3) is 0.562. The van der Waals surface area contributed by atoms with Gasteiger partial charge in [-0.1, -0.05) is 11.6 Å². The first-order valence-corrected chi connectivity index (χ1v) is 10.5. The van der Waals surface area contributed by atoms with E-state index in [0.717, 1.165) is 0 Å². The van der Waals surface area contributed by atoms with Crippen molar-refractivity contribution in [2.24, 2.45) is 0 Å². The molecule has 0 saturated carbocycles. The third-order valence-corrected chi connectivity index (χ3v) is 6.15. The number of ether oxygens (including phenoxy) is 1. The zero-order valence-corrected chi connectivity index (χ0v) is 16.4. The van der Waals surface area contributed by atoms with E-state index in [1.807, 2.05) is 0 Å². The van der Waals surface area contributed by atoms with Crippen LogP contribution in [0, 0.1) is 6.92 Å². The fourth-order valence-corrected chi connectivity index (χ4v) is 4.74. The minimum absolute atomic E-state index is 0.00307. The summed E-state index contributed by atoms with van der Waals surface area (Å²) in [5.41, 5.74) is 1.08. The highest BCUT2D eigenvalue weighted by Gasteiger charge is 2.31. The van der Waals surface area contributed by atoms with Crippen LogP contribution in [-0.4, -0.2) is 54.2 Å². The predicted molar refractivity (Wildman–Crippen MR) is 97.6 cm³/mol. The molecular weight excluding hydrogens is 382 g/mol. The number of rotatable bonds is 6. The van der Waals surface area contributed by atoms with Crippen molar-refractivity contribution in [3.05, 3.63) is 22.5 Å². The number of hydrogen-bond acceptors (Lipinski definition) is 6. The number of nitrogens with one attached hydrogen (secondary N) is 1. The van der Waals surface area contributed by atoms with Crippen molar-refractivity contribution in [2.75, 3.05) is 18.1 Å². The van der Waals surface area contributed by atoms with Gasteiger partial charge in [-0.25, -0.2) is 17.9 Å². The monoisotopic (exact) mass is 403 g/mol. The van der Waals surface area contributed by atoms with Gasteiger partial charge < -0.3 is 10.1 Å². The molecule has 8 nitrogen and oxygen atoms in total. The van der Waals surface area contributed by atoms with E-state index in [1.54, 1.807) is 13.8 Å². The standard InChI is InChI=1S/C16H22ClN3O5S/c1-4-18-16(22)11(3)25-14(21)6-5-13-10(2)19-20(15(13)17)12-7-8-26(23,24)9-12/h5-6,11-12H,4,7-9H2,1-3H3,(H,18,22)/b6-5+/t11-,12+/m1/s1. The lowest BCUT2D eigenvalue weighted by Crippen LogP contribution is -2.35. The van der Waals surface area contributed by atoms with Crippen LogP contribution >= 0.6 is 11.6 Å². The van der Waals surface area contributed by atoms with E-state index in [0.29, 0.717) is 24.2 Å². The predicted octanol–water partition coefficient (Wildman–Crippen LogP) is 1.29. The van der Waals surface area contributed by atoms with Crippen LogP contribution < -0.4 is 5.32 Å². The summed E-state index contributed by atoms with van der Waals surface area (Å²) in [5, 5.41) is 7.13. The molecule has 1 fully saturated rings. The summed E-state index contributed by atoms with van der Waals surface area (Å²) in [4.78, 5) is 23.4. The molecule has 144 valence electrons. The van der Waals surface area contributed by atoms with Gasteiger partial charge in [0.1, 0.15) is 5.15 Å². The number of likely N-dealkylation sites (N-methyl/N-ethyl adjacent to an activating group) is 1. The second kappa shape index (κ2) is 8.22.